The third kappa shape index (κ3) is 3.50. The van der Waals surface area contributed by atoms with E-state index in [1.807, 2.05) is 0 Å². The lowest BCUT2D eigenvalue weighted by molar-refractivity contribution is -0.147. The largest absolute Gasteiger partial charge is 0.481 e. The maximum Gasteiger partial charge on any atom is 0.311 e. The number of aliphatic carboxylic acids is 1. The van der Waals surface area contributed by atoms with Crippen molar-refractivity contribution in [3.05, 3.63) is 24.3 Å². The average Bonchev–Trinajstić information content (AvgIpc) is 2.44. The van der Waals surface area contributed by atoms with Gasteiger partial charge in [-0.3, -0.25) is 4.79 Å². The van der Waals surface area contributed by atoms with Crippen molar-refractivity contribution in [3.63, 3.8) is 0 Å². The number of hydrogen-bond donors (Lipinski definition) is 2. The van der Waals surface area contributed by atoms with E-state index in [9.17, 15) is 18.3 Å². The number of nitrogens with one attached hydrogen (secondary N) is 1. The van der Waals surface area contributed by atoms with Crippen LogP contribution in [0.5, 0.6) is 0 Å². The van der Waals surface area contributed by atoms with E-state index >= 15 is 0 Å². The quantitative estimate of drug-likeness (QED) is 0.807. The topological polar surface area (TPSA) is 83.5 Å². The van der Waals surface area contributed by atoms with E-state index < -0.39 is 21.2 Å². The minimum absolute atomic E-state index is 0.00959. The summed E-state index contributed by atoms with van der Waals surface area (Å²) in [6.07, 6.45) is 0.456. The highest BCUT2D eigenvalue weighted by Gasteiger charge is 2.31. The van der Waals surface area contributed by atoms with Crippen LogP contribution in [0, 0.1) is 5.41 Å². The summed E-state index contributed by atoms with van der Waals surface area (Å²) in [5.41, 5.74) is -0.474. The monoisotopic (exact) mass is 299 g/mol. The SMILES string of the molecule is CCC(C)(CNc1ccccc1S(=O)(=O)CC)C(=O)O. The van der Waals surface area contributed by atoms with Crippen LogP contribution in [0.1, 0.15) is 27.2 Å². The molecule has 0 heterocycles. The summed E-state index contributed by atoms with van der Waals surface area (Å²) in [6, 6.07) is 6.57. The van der Waals surface area contributed by atoms with Gasteiger partial charge >= 0.3 is 5.97 Å². The predicted molar refractivity (Wildman–Crippen MR) is 78.7 cm³/mol. The van der Waals surface area contributed by atoms with Crippen molar-refractivity contribution >= 4 is 21.5 Å². The Morgan fingerprint density at radius 2 is 1.90 bits per heavy atom. The molecule has 1 unspecified atom stereocenters. The molecule has 112 valence electrons. The van der Waals surface area contributed by atoms with Gasteiger partial charge in [-0.1, -0.05) is 26.0 Å². The molecule has 0 bridgehead atoms. The van der Waals surface area contributed by atoms with Gasteiger partial charge in [-0.2, -0.15) is 0 Å². The number of anilines is 1. The standard InChI is InChI=1S/C14H21NO4S/c1-4-14(3,13(16)17)10-15-11-8-6-7-9-12(11)20(18,19)5-2/h6-9,15H,4-5,10H2,1-3H3,(H,16,17). The Balaban J connectivity index is 3.03. The first-order chi connectivity index (χ1) is 9.27. The summed E-state index contributed by atoms with van der Waals surface area (Å²) in [6.45, 7) is 5.19. The van der Waals surface area contributed by atoms with Gasteiger partial charge in [0.2, 0.25) is 0 Å². The van der Waals surface area contributed by atoms with E-state index in [0.29, 0.717) is 12.1 Å². The molecule has 0 aliphatic rings. The first kappa shape index (κ1) is 16.5. The molecule has 1 aromatic rings. The number of sulfone groups is 1. The first-order valence-corrected chi connectivity index (χ1v) is 8.21. The second-order valence-corrected chi connectivity index (χ2v) is 7.22. The van der Waals surface area contributed by atoms with Crippen LogP contribution in [0.3, 0.4) is 0 Å². The number of rotatable bonds is 7. The zero-order valence-electron chi connectivity index (χ0n) is 12.0. The molecule has 1 atom stereocenters. The molecular weight excluding hydrogens is 278 g/mol. The van der Waals surface area contributed by atoms with Crippen molar-refractivity contribution in [1.29, 1.82) is 0 Å². The maximum absolute atomic E-state index is 12.0. The number of carbonyl (C=O) groups is 1. The van der Waals surface area contributed by atoms with Crippen LogP contribution in [0.2, 0.25) is 0 Å². The van der Waals surface area contributed by atoms with Crippen LogP contribution in [-0.4, -0.2) is 31.8 Å². The second-order valence-electron chi connectivity index (χ2n) is 4.97. The lowest BCUT2D eigenvalue weighted by Crippen LogP contribution is -2.34. The molecule has 0 aromatic heterocycles. The molecule has 1 aromatic carbocycles. The Bertz CT molecular complexity index is 583. The number of carboxylic acids is 1. The minimum atomic E-state index is -3.33. The van der Waals surface area contributed by atoms with Crippen LogP contribution >= 0.6 is 0 Å². The second kappa shape index (κ2) is 6.26. The molecule has 0 saturated heterocycles. The van der Waals surface area contributed by atoms with Crippen LogP contribution in [-0.2, 0) is 14.6 Å². The summed E-state index contributed by atoms with van der Waals surface area (Å²) < 4.78 is 24.0. The summed E-state index contributed by atoms with van der Waals surface area (Å²) in [7, 11) is -3.33. The van der Waals surface area contributed by atoms with Crippen molar-refractivity contribution in [2.75, 3.05) is 17.6 Å². The summed E-state index contributed by atoms with van der Waals surface area (Å²) >= 11 is 0. The van der Waals surface area contributed by atoms with E-state index in [1.54, 1.807) is 39.0 Å². The Morgan fingerprint density at radius 3 is 2.40 bits per heavy atom. The molecule has 20 heavy (non-hydrogen) atoms. The van der Waals surface area contributed by atoms with Crippen molar-refractivity contribution in [3.8, 4) is 0 Å². The zero-order valence-corrected chi connectivity index (χ0v) is 12.8. The van der Waals surface area contributed by atoms with Gasteiger partial charge in [-0.05, 0) is 25.5 Å². The fraction of sp³-hybridized carbons (Fsp3) is 0.500. The fourth-order valence-electron chi connectivity index (χ4n) is 1.68. The fourth-order valence-corrected chi connectivity index (χ4v) is 2.75. The highest BCUT2D eigenvalue weighted by molar-refractivity contribution is 7.91. The minimum Gasteiger partial charge on any atom is -0.481 e. The molecule has 0 aliphatic heterocycles. The number of benzene rings is 1. The molecule has 0 fully saturated rings. The molecule has 0 amide bonds. The zero-order chi connectivity index (χ0) is 15.4. The Kier molecular flexibility index (Phi) is 5.16. The molecule has 0 radical (unpaired) electrons. The Hall–Kier alpha value is -1.56. The average molecular weight is 299 g/mol. The van der Waals surface area contributed by atoms with Gasteiger partial charge in [0.1, 0.15) is 0 Å². The normalized spacial score (nSPS) is 14.6. The molecular formula is C14H21NO4S. The number of para-hydroxylation sites is 1. The Morgan fingerprint density at radius 1 is 1.30 bits per heavy atom. The summed E-state index contributed by atoms with van der Waals surface area (Å²) in [5, 5.41) is 12.2. The van der Waals surface area contributed by atoms with E-state index in [4.69, 9.17) is 0 Å². The molecule has 0 saturated carbocycles. The molecule has 2 N–H and O–H groups in total. The van der Waals surface area contributed by atoms with E-state index in [0.717, 1.165) is 0 Å². The maximum atomic E-state index is 12.0. The lowest BCUT2D eigenvalue weighted by Gasteiger charge is -2.24. The number of hydrogen-bond acceptors (Lipinski definition) is 4. The van der Waals surface area contributed by atoms with E-state index in [2.05, 4.69) is 5.32 Å². The van der Waals surface area contributed by atoms with E-state index in [-0.39, 0.29) is 17.2 Å². The molecule has 0 aliphatic carbocycles. The van der Waals surface area contributed by atoms with Crippen molar-refractivity contribution in [1.82, 2.24) is 0 Å². The van der Waals surface area contributed by atoms with Crippen LogP contribution in [0.25, 0.3) is 0 Å². The van der Waals surface area contributed by atoms with E-state index in [1.165, 1.54) is 6.07 Å². The smallest absolute Gasteiger partial charge is 0.311 e. The molecule has 0 spiro atoms. The van der Waals surface area contributed by atoms with Crippen molar-refractivity contribution < 1.29 is 18.3 Å². The van der Waals surface area contributed by atoms with Gasteiger partial charge in [-0.25, -0.2) is 8.42 Å². The lowest BCUT2D eigenvalue weighted by atomic mass is 9.87. The van der Waals surface area contributed by atoms with Crippen LogP contribution in [0.15, 0.2) is 29.2 Å². The Labute approximate surface area is 119 Å². The molecule has 5 nitrogen and oxygen atoms in total. The van der Waals surface area contributed by atoms with Gasteiger partial charge in [-0.15, -0.1) is 0 Å². The summed E-state index contributed by atoms with van der Waals surface area (Å²) in [4.78, 5) is 11.5. The van der Waals surface area contributed by atoms with Gasteiger partial charge in [0.05, 0.1) is 21.8 Å². The third-order valence-corrected chi connectivity index (χ3v) is 5.35. The number of carboxylic acid groups (broad SMARTS) is 1. The van der Waals surface area contributed by atoms with Gasteiger partial charge in [0, 0.05) is 6.54 Å². The van der Waals surface area contributed by atoms with Crippen LogP contribution in [0.4, 0.5) is 5.69 Å². The van der Waals surface area contributed by atoms with Crippen LogP contribution < -0.4 is 5.32 Å². The molecule has 1 rings (SSSR count). The van der Waals surface area contributed by atoms with Crippen molar-refractivity contribution in [2.24, 2.45) is 5.41 Å². The van der Waals surface area contributed by atoms with Gasteiger partial charge in [0.15, 0.2) is 9.84 Å². The van der Waals surface area contributed by atoms with Gasteiger partial charge < -0.3 is 10.4 Å². The van der Waals surface area contributed by atoms with Crippen molar-refractivity contribution in [2.45, 2.75) is 32.1 Å². The molecule has 6 heteroatoms. The third-order valence-electron chi connectivity index (χ3n) is 3.57. The predicted octanol–water partition coefficient (Wildman–Crippen LogP) is 2.39. The highest BCUT2D eigenvalue weighted by atomic mass is 32.2. The van der Waals surface area contributed by atoms with Gasteiger partial charge in [0.25, 0.3) is 0 Å². The highest BCUT2D eigenvalue weighted by Crippen LogP contribution is 2.26. The first-order valence-electron chi connectivity index (χ1n) is 6.56. The summed E-state index contributed by atoms with van der Waals surface area (Å²) in [5.74, 6) is -0.890.